The van der Waals surface area contributed by atoms with Gasteiger partial charge in [-0.3, -0.25) is 4.79 Å². The molecule has 3 heterocycles. The Labute approximate surface area is 227 Å². The highest BCUT2D eigenvalue weighted by molar-refractivity contribution is 9.10. The fourth-order valence-electron chi connectivity index (χ4n) is 4.13. The van der Waals surface area contributed by atoms with E-state index in [1.165, 1.54) is 23.9 Å². The molecule has 192 valence electrons. The number of fused-ring (bicyclic) bond motifs is 1. The molecule has 0 spiro atoms. The van der Waals surface area contributed by atoms with Gasteiger partial charge >= 0.3 is 0 Å². The van der Waals surface area contributed by atoms with E-state index in [0.29, 0.717) is 48.1 Å². The number of aromatic nitrogens is 3. The van der Waals surface area contributed by atoms with Gasteiger partial charge in [-0.2, -0.15) is 0 Å². The van der Waals surface area contributed by atoms with Crippen molar-refractivity contribution >= 4 is 45.0 Å². The predicted molar refractivity (Wildman–Crippen MR) is 148 cm³/mol. The first-order chi connectivity index (χ1) is 17.9. The Hall–Kier alpha value is -2.95. The van der Waals surface area contributed by atoms with Gasteiger partial charge in [-0.25, -0.2) is 14.4 Å². The fraction of sp³-hybridized carbons (Fsp3) is 0.296. The molecular formula is C27H27BrFN5O2S. The quantitative estimate of drug-likeness (QED) is 0.225. The van der Waals surface area contributed by atoms with Gasteiger partial charge in [0.15, 0.2) is 11.0 Å². The van der Waals surface area contributed by atoms with Gasteiger partial charge in [-0.05, 0) is 70.7 Å². The minimum Gasteiger partial charge on any atom is -0.378 e. The second-order valence-electron chi connectivity index (χ2n) is 9.02. The van der Waals surface area contributed by atoms with Crippen LogP contribution in [0.4, 0.5) is 15.8 Å². The number of aryl methyl sites for hydroxylation is 1. The number of imidazole rings is 1. The second-order valence-corrected chi connectivity index (χ2v) is 10.9. The zero-order valence-corrected chi connectivity index (χ0v) is 22.9. The molecule has 2 aromatic rings. The van der Waals surface area contributed by atoms with Crippen molar-refractivity contribution < 1.29 is 13.9 Å². The minimum atomic E-state index is -0.484. The highest BCUT2D eigenvalue weighted by Gasteiger charge is 2.26. The molecule has 1 saturated heterocycles. The van der Waals surface area contributed by atoms with Crippen molar-refractivity contribution in [2.24, 2.45) is 0 Å². The molecule has 2 aromatic carbocycles. The third kappa shape index (κ3) is 5.97. The number of nitrogens with zero attached hydrogens (tertiary/aromatic N) is 3. The van der Waals surface area contributed by atoms with E-state index in [1.54, 1.807) is 12.1 Å². The number of hydrogen-bond donors (Lipinski definition) is 2. The van der Waals surface area contributed by atoms with Crippen LogP contribution >= 0.6 is 27.7 Å². The molecular weight excluding hydrogens is 557 g/mol. The number of nitrogens with one attached hydrogen (secondary N) is 2. The maximum absolute atomic E-state index is 13.5. The molecule has 0 bridgehead atoms. The molecule has 0 radical (unpaired) electrons. The average molecular weight is 585 g/mol. The summed E-state index contributed by atoms with van der Waals surface area (Å²) in [7, 11) is 0. The number of halogens is 2. The van der Waals surface area contributed by atoms with Crippen LogP contribution in [-0.4, -0.2) is 39.7 Å². The van der Waals surface area contributed by atoms with Crippen molar-refractivity contribution in [2.75, 3.05) is 23.8 Å². The van der Waals surface area contributed by atoms with Crippen LogP contribution in [0.2, 0.25) is 0 Å². The van der Waals surface area contributed by atoms with Crippen LogP contribution in [0.1, 0.15) is 30.5 Å². The first kappa shape index (κ1) is 25.7. The van der Waals surface area contributed by atoms with Gasteiger partial charge in [-0.1, -0.05) is 36.9 Å². The molecule has 1 atom stereocenters. The summed E-state index contributed by atoms with van der Waals surface area (Å²) in [4.78, 5) is 22.9. The van der Waals surface area contributed by atoms with Crippen LogP contribution in [-0.2, 0) is 15.3 Å². The Balaban J connectivity index is 1.36. The molecule has 1 fully saturated rings. The lowest BCUT2D eigenvalue weighted by Gasteiger charge is -2.28. The van der Waals surface area contributed by atoms with Crippen LogP contribution < -0.4 is 10.6 Å². The summed E-state index contributed by atoms with van der Waals surface area (Å²) in [6.45, 7) is 5.33. The van der Waals surface area contributed by atoms with Crippen molar-refractivity contribution in [3.8, 4) is 11.5 Å². The van der Waals surface area contributed by atoms with Crippen LogP contribution in [0.15, 0.2) is 64.4 Å². The Kier molecular flexibility index (Phi) is 7.78. The predicted octanol–water partition coefficient (Wildman–Crippen LogP) is 6.29. The summed E-state index contributed by atoms with van der Waals surface area (Å²) in [6, 6.07) is 14.1. The Morgan fingerprint density at radius 3 is 2.70 bits per heavy atom. The number of anilines is 2. The first-order valence-corrected chi connectivity index (χ1v) is 13.9. The molecule has 10 heteroatoms. The molecule has 1 unspecified atom stereocenters. The van der Waals surface area contributed by atoms with Gasteiger partial charge in [0, 0.05) is 27.8 Å². The number of carbonyl (C=O) groups is 1. The minimum absolute atomic E-state index is 0.123. The lowest BCUT2D eigenvalue weighted by molar-refractivity contribution is -0.119. The monoisotopic (exact) mass is 583 g/mol. The van der Waals surface area contributed by atoms with E-state index < -0.39 is 6.04 Å². The van der Waals surface area contributed by atoms with Crippen molar-refractivity contribution in [1.82, 2.24) is 14.5 Å². The number of hydrogen-bond acceptors (Lipinski definition) is 6. The molecule has 2 N–H and O–H groups in total. The van der Waals surface area contributed by atoms with Gasteiger partial charge < -0.3 is 19.9 Å². The van der Waals surface area contributed by atoms with Gasteiger partial charge in [0.25, 0.3) is 0 Å². The zero-order chi connectivity index (χ0) is 25.9. The lowest BCUT2D eigenvalue weighted by atomic mass is 10.1. The zero-order valence-electron chi connectivity index (χ0n) is 20.5. The largest absolute Gasteiger partial charge is 0.378 e. The van der Waals surface area contributed by atoms with E-state index in [9.17, 15) is 9.18 Å². The van der Waals surface area contributed by atoms with Gasteiger partial charge in [0.05, 0.1) is 19.3 Å². The number of ether oxygens (including phenoxy) is 1. The summed E-state index contributed by atoms with van der Waals surface area (Å²) in [5.41, 5.74) is 4.38. The number of pyridine rings is 1. The lowest BCUT2D eigenvalue weighted by Crippen LogP contribution is -2.40. The Morgan fingerprint density at radius 2 is 2.00 bits per heavy atom. The van der Waals surface area contributed by atoms with E-state index >= 15 is 0 Å². The average Bonchev–Trinajstić information content (AvgIpc) is 3.26. The smallest absolute Gasteiger partial charge is 0.247 e. The molecule has 5 rings (SSSR count). The summed E-state index contributed by atoms with van der Waals surface area (Å²) < 4.78 is 21.2. The van der Waals surface area contributed by atoms with Gasteiger partial charge in [0.1, 0.15) is 17.6 Å². The van der Waals surface area contributed by atoms with E-state index in [0.717, 1.165) is 27.0 Å². The molecule has 37 heavy (non-hydrogen) atoms. The van der Waals surface area contributed by atoms with Crippen molar-refractivity contribution in [1.29, 1.82) is 0 Å². The summed E-state index contributed by atoms with van der Waals surface area (Å²) >= 11 is 5.04. The summed E-state index contributed by atoms with van der Waals surface area (Å²) in [5, 5.41) is 7.16. The summed E-state index contributed by atoms with van der Waals surface area (Å²) in [6.07, 6.45) is 2.45. The molecule has 1 amide bonds. The maximum Gasteiger partial charge on any atom is 0.247 e. The molecule has 0 aromatic heterocycles. The van der Waals surface area contributed by atoms with Gasteiger partial charge in [0.2, 0.25) is 5.91 Å². The highest BCUT2D eigenvalue weighted by atomic mass is 79.9. The number of amides is 1. The highest BCUT2D eigenvalue weighted by Crippen LogP contribution is 2.32. The van der Waals surface area contributed by atoms with E-state index in [2.05, 4.69) is 31.5 Å². The Bertz CT molecular complexity index is 1380. The van der Waals surface area contributed by atoms with Crippen molar-refractivity contribution in [3.05, 3.63) is 76.1 Å². The summed E-state index contributed by atoms with van der Waals surface area (Å²) in [5.74, 6) is 0.878. The Morgan fingerprint density at radius 1 is 1.22 bits per heavy atom. The number of benzene rings is 2. The molecule has 7 nitrogen and oxygen atoms in total. The maximum atomic E-state index is 13.5. The number of rotatable bonds is 9. The topological polar surface area (TPSA) is 81.1 Å². The molecule has 0 aliphatic carbocycles. The van der Waals surface area contributed by atoms with Crippen LogP contribution in [0.3, 0.4) is 0 Å². The third-order valence-electron chi connectivity index (χ3n) is 6.24. The van der Waals surface area contributed by atoms with E-state index in [1.807, 2.05) is 48.9 Å². The van der Waals surface area contributed by atoms with Crippen LogP contribution in [0.5, 0.6) is 0 Å². The van der Waals surface area contributed by atoms with Crippen molar-refractivity contribution in [3.63, 3.8) is 0 Å². The normalized spacial score (nSPS) is 14.4. The second kappa shape index (κ2) is 11.2. The fourth-order valence-corrected chi connectivity index (χ4v) is 5.37. The van der Waals surface area contributed by atoms with Crippen molar-refractivity contribution in [2.45, 2.75) is 43.3 Å². The first-order valence-electron chi connectivity index (χ1n) is 12.1. The van der Waals surface area contributed by atoms with Gasteiger partial charge in [-0.15, -0.1) is 0 Å². The molecule has 3 aliphatic heterocycles. The van der Waals surface area contributed by atoms with Crippen LogP contribution in [0, 0.1) is 12.7 Å². The van der Waals surface area contributed by atoms with Crippen LogP contribution in [0.25, 0.3) is 11.5 Å². The number of carbonyl (C=O) groups excluding carboxylic acids is 1. The third-order valence-corrected chi connectivity index (χ3v) is 7.59. The standard InChI is InChI=1S/C27H27BrFN5O2S/c1-3-24(26(35)31-22-11-20(9-4-16(22)2)30-21-13-36-14-21)34-12-18(28)10-23-25(34)33-27(32-23)37-15-17-5-7-19(29)8-6-17/h4-12,21,24,30H,3,13-15H2,1-2H3,(H,31,35). The van der Waals surface area contributed by atoms with E-state index in [-0.39, 0.29) is 11.7 Å². The number of thioether (sulfide) groups is 1. The van der Waals surface area contributed by atoms with E-state index in [4.69, 9.17) is 9.72 Å². The molecule has 3 aliphatic rings. The SMILES string of the molecule is CCC(C(=O)Nc1cc(NC2COC2)ccc1C)n1cc(Br)cc2nc(SCc3ccc(F)cc3)nc1-2. The molecule has 0 saturated carbocycles.